The Balaban J connectivity index is 1.89. The molecule has 4 nitrogen and oxygen atoms in total. The van der Waals surface area contributed by atoms with Gasteiger partial charge in [-0.1, -0.05) is 18.2 Å². The van der Waals surface area contributed by atoms with Gasteiger partial charge in [-0.05, 0) is 29.3 Å². The average molecular weight is 258 g/mol. The van der Waals surface area contributed by atoms with E-state index in [1.807, 2.05) is 0 Å². The van der Waals surface area contributed by atoms with E-state index in [1.54, 1.807) is 30.3 Å². The number of allylic oxidation sites excluding steroid dienone is 3. The first-order chi connectivity index (χ1) is 9.13. The first kappa shape index (κ1) is 12.0. The quantitative estimate of drug-likeness (QED) is 0.808. The minimum atomic E-state index is -0.652. The molecule has 1 aliphatic heterocycles. The standard InChI is InChI=1S/C15H14O4/c16-11-4-1-9(2-5-11)15-13(18)7-10-3-6-12(17)8-14(10)19-15/h1-6,13,15-16,18H,7-8H2. The second-order valence-corrected chi connectivity index (χ2v) is 4.83. The largest absolute Gasteiger partial charge is 0.508 e. The molecule has 0 spiro atoms. The average Bonchev–Trinajstić information content (AvgIpc) is 2.40. The van der Waals surface area contributed by atoms with Gasteiger partial charge in [0.1, 0.15) is 17.6 Å². The summed E-state index contributed by atoms with van der Waals surface area (Å²) in [4.78, 5) is 11.4. The number of aliphatic hydroxyl groups excluding tert-OH is 1. The van der Waals surface area contributed by atoms with Crippen molar-refractivity contribution >= 4 is 5.78 Å². The monoisotopic (exact) mass is 258 g/mol. The lowest BCUT2D eigenvalue weighted by Gasteiger charge is -2.33. The number of phenols is 1. The van der Waals surface area contributed by atoms with Gasteiger partial charge < -0.3 is 14.9 Å². The molecule has 3 rings (SSSR count). The normalized spacial score (nSPS) is 26.1. The van der Waals surface area contributed by atoms with Gasteiger partial charge in [-0.15, -0.1) is 0 Å². The lowest BCUT2D eigenvalue weighted by Crippen LogP contribution is -2.28. The van der Waals surface area contributed by atoms with Crippen LogP contribution in [0.3, 0.4) is 0 Å². The van der Waals surface area contributed by atoms with Crippen molar-refractivity contribution in [3.05, 3.63) is 53.3 Å². The number of hydrogen-bond acceptors (Lipinski definition) is 4. The van der Waals surface area contributed by atoms with E-state index in [0.717, 1.165) is 11.1 Å². The van der Waals surface area contributed by atoms with Crippen LogP contribution >= 0.6 is 0 Å². The third kappa shape index (κ3) is 2.27. The van der Waals surface area contributed by atoms with Crippen LogP contribution in [0.1, 0.15) is 24.5 Å². The number of aliphatic hydroxyl groups is 1. The summed E-state index contributed by atoms with van der Waals surface area (Å²) in [7, 11) is 0. The maximum Gasteiger partial charge on any atom is 0.163 e. The van der Waals surface area contributed by atoms with Crippen molar-refractivity contribution in [1.82, 2.24) is 0 Å². The van der Waals surface area contributed by atoms with E-state index in [1.165, 1.54) is 6.08 Å². The highest BCUT2D eigenvalue weighted by atomic mass is 16.5. The van der Waals surface area contributed by atoms with E-state index >= 15 is 0 Å². The first-order valence-electron chi connectivity index (χ1n) is 6.20. The topological polar surface area (TPSA) is 66.8 Å². The molecule has 1 aliphatic carbocycles. The number of carbonyl (C=O) groups excluding carboxylic acids is 1. The lowest BCUT2D eigenvalue weighted by molar-refractivity contribution is -0.115. The number of benzene rings is 1. The molecule has 4 heteroatoms. The Bertz CT molecular complexity index is 568. The van der Waals surface area contributed by atoms with Crippen molar-refractivity contribution < 1.29 is 19.7 Å². The molecule has 98 valence electrons. The third-order valence-electron chi connectivity index (χ3n) is 3.43. The molecular formula is C15H14O4. The molecule has 1 aromatic carbocycles. The Kier molecular flexibility index (Phi) is 2.87. The molecule has 2 atom stereocenters. The van der Waals surface area contributed by atoms with Crippen molar-refractivity contribution in [1.29, 1.82) is 0 Å². The highest BCUT2D eigenvalue weighted by Crippen LogP contribution is 2.37. The van der Waals surface area contributed by atoms with Gasteiger partial charge in [0, 0.05) is 6.42 Å². The molecule has 0 aromatic heterocycles. The van der Waals surface area contributed by atoms with Crippen LogP contribution in [0.5, 0.6) is 5.75 Å². The van der Waals surface area contributed by atoms with Crippen molar-refractivity contribution in [2.24, 2.45) is 0 Å². The van der Waals surface area contributed by atoms with Gasteiger partial charge in [-0.3, -0.25) is 4.79 Å². The number of hydrogen-bond donors (Lipinski definition) is 2. The third-order valence-corrected chi connectivity index (χ3v) is 3.43. The highest BCUT2D eigenvalue weighted by Gasteiger charge is 2.32. The second-order valence-electron chi connectivity index (χ2n) is 4.83. The van der Waals surface area contributed by atoms with Gasteiger partial charge >= 0.3 is 0 Å². The van der Waals surface area contributed by atoms with Gasteiger partial charge in [0.25, 0.3) is 0 Å². The van der Waals surface area contributed by atoms with E-state index in [-0.39, 0.29) is 18.0 Å². The number of aromatic hydroxyl groups is 1. The van der Waals surface area contributed by atoms with Crippen LogP contribution in [0.25, 0.3) is 0 Å². The zero-order chi connectivity index (χ0) is 13.4. The fourth-order valence-corrected chi connectivity index (χ4v) is 2.43. The van der Waals surface area contributed by atoms with Crippen molar-refractivity contribution in [3.63, 3.8) is 0 Å². The molecule has 0 fully saturated rings. The molecule has 19 heavy (non-hydrogen) atoms. The predicted molar refractivity (Wildman–Crippen MR) is 68.3 cm³/mol. The van der Waals surface area contributed by atoms with Crippen LogP contribution in [-0.2, 0) is 9.53 Å². The molecule has 2 N–H and O–H groups in total. The van der Waals surface area contributed by atoms with Crippen molar-refractivity contribution in [3.8, 4) is 5.75 Å². The Morgan fingerprint density at radius 3 is 2.63 bits per heavy atom. The molecule has 2 unspecified atom stereocenters. The van der Waals surface area contributed by atoms with E-state index in [2.05, 4.69) is 0 Å². The fourth-order valence-electron chi connectivity index (χ4n) is 2.43. The van der Waals surface area contributed by atoms with Crippen LogP contribution in [0.4, 0.5) is 0 Å². The summed E-state index contributed by atoms with van der Waals surface area (Å²) in [5.41, 5.74) is 1.68. The lowest BCUT2D eigenvalue weighted by atomic mass is 9.91. The Labute approximate surface area is 110 Å². The van der Waals surface area contributed by atoms with Gasteiger partial charge in [-0.25, -0.2) is 0 Å². The van der Waals surface area contributed by atoms with E-state index in [4.69, 9.17) is 4.74 Å². The minimum absolute atomic E-state index is 0.0135. The predicted octanol–water partition coefficient (Wildman–Crippen LogP) is 2.00. The molecule has 0 saturated carbocycles. The Morgan fingerprint density at radius 1 is 1.16 bits per heavy atom. The van der Waals surface area contributed by atoms with Crippen LogP contribution in [-0.4, -0.2) is 22.1 Å². The highest BCUT2D eigenvalue weighted by molar-refractivity contribution is 5.93. The van der Waals surface area contributed by atoms with Crippen molar-refractivity contribution in [2.75, 3.05) is 0 Å². The van der Waals surface area contributed by atoms with Crippen LogP contribution in [0.2, 0.25) is 0 Å². The molecule has 1 heterocycles. The van der Waals surface area contributed by atoms with Gasteiger partial charge in [0.15, 0.2) is 5.78 Å². The Morgan fingerprint density at radius 2 is 1.89 bits per heavy atom. The number of ether oxygens (including phenoxy) is 1. The van der Waals surface area contributed by atoms with Gasteiger partial charge in [0.05, 0.1) is 12.5 Å². The summed E-state index contributed by atoms with van der Waals surface area (Å²) >= 11 is 0. The maximum atomic E-state index is 11.4. The van der Waals surface area contributed by atoms with Crippen LogP contribution < -0.4 is 0 Å². The van der Waals surface area contributed by atoms with Gasteiger partial charge in [-0.2, -0.15) is 0 Å². The number of carbonyl (C=O) groups is 1. The maximum absolute atomic E-state index is 11.4. The SMILES string of the molecule is O=C1C=CC2=C(C1)OC(c1ccc(O)cc1)C(O)C2. The number of ketones is 1. The van der Waals surface area contributed by atoms with E-state index in [9.17, 15) is 15.0 Å². The summed E-state index contributed by atoms with van der Waals surface area (Å²) in [6.45, 7) is 0. The van der Waals surface area contributed by atoms with Crippen molar-refractivity contribution in [2.45, 2.75) is 25.0 Å². The molecule has 0 radical (unpaired) electrons. The van der Waals surface area contributed by atoms with E-state index < -0.39 is 12.2 Å². The molecule has 0 saturated heterocycles. The number of phenolic OH excluding ortho intramolecular Hbond substituents is 1. The zero-order valence-corrected chi connectivity index (χ0v) is 10.2. The molecule has 0 bridgehead atoms. The van der Waals surface area contributed by atoms with Gasteiger partial charge in [0.2, 0.25) is 0 Å². The fraction of sp³-hybridized carbons (Fsp3) is 0.267. The summed E-state index contributed by atoms with van der Waals surface area (Å²) in [6.07, 6.45) is 2.84. The molecular weight excluding hydrogens is 244 g/mol. The van der Waals surface area contributed by atoms with Crippen LogP contribution in [0.15, 0.2) is 47.7 Å². The Hall–Kier alpha value is -2.07. The minimum Gasteiger partial charge on any atom is -0.508 e. The summed E-state index contributed by atoms with van der Waals surface area (Å²) in [5, 5.41) is 19.4. The smallest absolute Gasteiger partial charge is 0.163 e. The first-order valence-corrected chi connectivity index (χ1v) is 6.20. The number of rotatable bonds is 1. The summed E-state index contributed by atoms with van der Waals surface area (Å²) in [5.74, 6) is 0.834. The summed E-state index contributed by atoms with van der Waals surface area (Å²) < 4.78 is 5.77. The van der Waals surface area contributed by atoms with E-state index in [0.29, 0.717) is 12.2 Å². The molecule has 1 aromatic rings. The second kappa shape index (κ2) is 4.55. The summed E-state index contributed by atoms with van der Waals surface area (Å²) in [6, 6.07) is 6.55. The zero-order valence-electron chi connectivity index (χ0n) is 10.2. The molecule has 0 amide bonds. The van der Waals surface area contributed by atoms with Crippen LogP contribution in [0, 0.1) is 0 Å². The molecule has 2 aliphatic rings.